The predicted octanol–water partition coefficient (Wildman–Crippen LogP) is 1.18. The number of nitrogens with two attached hydrogens (primary N) is 1. The van der Waals surface area contributed by atoms with Gasteiger partial charge in [-0.25, -0.2) is 0 Å². The molecular formula is C13H25N3O3. The van der Waals surface area contributed by atoms with Crippen LogP contribution in [-0.4, -0.2) is 48.2 Å². The third kappa shape index (κ3) is 3.18. The third-order valence-electron chi connectivity index (χ3n) is 4.06. The van der Waals surface area contributed by atoms with Crippen LogP contribution in [0.4, 0.5) is 0 Å². The van der Waals surface area contributed by atoms with E-state index in [1.807, 2.05) is 13.8 Å². The SMILES string of the molecule is CCC(CC)(C(=O)N(C)CC1CCCO1)C(N)=NO. The van der Waals surface area contributed by atoms with Gasteiger partial charge in [-0.3, -0.25) is 4.79 Å². The molecule has 1 rings (SSSR count). The molecule has 3 N–H and O–H groups in total. The fourth-order valence-electron chi connectivity index (χ4n) is 2.66. The molecule has 0 bridgehead atoms. The molecule has 6 nitrogen and oxygen atoms in total. The molecular weight excluding hydrogens is 246 g/mol. The third-order valence-corrected chi connectivity index (χ3v) is 4.06. The zero-order chi connectivity index (χ0) is 14.5. The number of ether oxygens (including phenoxy) is 1. The van der Waals surface area contributed by atoms with E-state index in [4.69, 9.17) is 15.7 Å². The molecule has 1 heterocycles. The summed E-state index contributed by atoms with van der Waals surface area (Å²) in [6, 6.07) is 0. The van der Waals surface area contributed by atoms with Crippen LogP contribution in [0.2, 0.25) is 0 Å². The summed E-state index contributed by atoms with van der Waals surface area (Å²) in [5.74, 6) is -0.120. The first kappa shape index (κ1) is 15.8. The van der Waals surface area contributed by atoms with Gasteiger partial charge in [0.2, 0.25) is 5.91 Å². The van der Waals surface area contributed by atoms with Gasteiger partial charge in [0.15, 0.2) is 5.84 Å². The normalized spacial score (nSPS) is 20.6. The summed E-state index contributed by atoms with van der Waals surface area (Å²) in [4.78, 5) is 14.3. The summed E-state index contributed by atoms with van der Waals surface area (Å²) >= 11 is 0. The van der Waals surface area contributed by atoms with Gasteiger partial charge in [-0.2, -0.15) is 0 Å². The summed E-state index contributed by atoms with van der Waals surface area (Å²) < 4.78 is 5.54. The van der Waals surface area contributed by atoms with Gasteiger partial charge in [-0.15, -0.1) is 0 Å². The van der Waals surface area contributed by atoms with E-state index in [9.17, 15) is 4.79 Å². The highest BCUT2D eigenvalue weighted by atomic mass is 16.5. The van der Waals surface area contributed by atoms with E-state index in [0.717, 1.165) is 19.4 Å². The Bertz CT molecular complexity index is 334. The second-order valence-electron chi connectivity index (χ2n) is 5.10. The average molecular weight is 271 g/mol. The summed E-state index contributed by atoms with van der Waals surface area (Å²) in [7, 11) is 1.74. The van der Waals surface area contributed by atoms with Crippen LogP contribution in [0.15, 0.2) is 5.16 Å². The van der Waals surface area contributed by atoms with Crippen LogP contribution in [0.3, 0.4) is 0 Å². The van der Waals surface area contributed by atoms with Crippen molar-refractivity contribution in [2.24, 2.45) is 16.3 Å². The summed E-state index contributed by atoms with van der Waals surface area (Å²) in [6.07, 6.45) is 3.14. The first-order chi connectivity index (χ1) is 9.01. The lowest BCUT2D eigenvalue weighted by Crippen LogP contribution is -2.51. The van der Waals surface area contributed by atoms with Crippen LogP contribution in [0.5, 0.6) is 0 Å². The largest absolute Gasteiger partial charge is 0.409 e. The van der Waals surface area contributed by atoms with Crippen molar-refractivity contribution in [3.8, 4) is 0 Å². The highest BCUT2D eigenvalue weighted by Gasteiger charge is 2.42. The molecule has 0 aliphatic carbocycles. The number of rotatable bonds is 6. The lowest BCUT2D eigenvalue weighted by Gasteiger charge is -2.34. The molecule has 0 saturated carbocycles. The van der Waals surface area contributed by atoms with Crippen LogP contribution in [0, 0.1) is 5.41 Å². The Hall–Kier alpha value is -1.30. The van der Waals surface area contributed by atoms with Crippen LogP contribution >= 0.6 is 0 Å². The Kier molecular flexibility index (Phi) is 5.60. The minimum absolute atomic E-state index is 0.0123. The number of likely N-dealkylation sites (N-methyl/N-ethyl adjacent to an activating group) is 1. The van der Waals surface area contributed by atoms with Crippen molar-refractivity contribution in [1.29, 1.82) is 0 Å². The van der Waals surface area contributed by atoms with Crippen LogP contribution in [0.1, 0.15) is 39.5 Å². The Morgan fingerprint density at radius 3 is 2.58 bits per heavy atom. The molecule has 1 saturated heterocycles. The number of carbonyl (C=O) groups is 1. The van der Waals surface area contributed by atoms with Crippen molar-refractivity contribution in [2.75, 3.05) is 20.2 Å². The Balaban J connectivity index is 2.80. The number of amidine groups is 1. The number of carbonyl (C=O) groups excluding carboxylic acids is 1. The van der Waals surface area contributed by atoms with Gasteiger partial charge in [0.25, 0.3) is 0 Å². The van der Waals surface area contributed by atoms with Crippen LogP contribution in [-0.2, 0) is 9.53 Å². The maximum Gasteiger partial charge on any atom is 0.236 e. The number of nitrogens with zero attached hydrogens (tertiary/aromatic N) is 2. The van der Waals surface area contributed by atoms with Crippen molar-refractivity contribution < 1.29 is 14.7 Å². The quantitative estimate of drug-likeness (QED) is 0.328. The second-order valence-corrected chi connectivity index (χ2v) is 5.10. The number of amides is 1. The number of hydrogen-bond acceptors (Lipinski definition) is 4. The van der Waals surface area contributed by atoms with E-state index >= 15 is 0 Å². The lowest BCUT2D eigenvalue weighted by molar-refractivity contribution is -0.138. The average Bonchev–Trinajstić information content (AvgIpc) is 2.92. The zero-order valence-corrected chi connectivity index (χ0v) is 12.1. The fraction of sp³-hybridized carbons (Fsp3) is 0.846. The molecule has 0 aromatic rings. The highest BCUT2D eigenvalue weighted by Crippen LogP contribution is 2.29. The van der Waals surface area contributed by atoms with E-state index in [2.05, 4.69) is 5.16 Å². The van der Waals surface area contributed by atoms with Gasteiger partial charge in [0.05, 0.1) is 6.10 Å². The molecule has 1 aliphatic heterocycles. The molecule has 0 aromatic heterocycles. The summed E-state index contributed by atoms with van der Waals surface area (Å²) in [6.45, 7) is 5.07. The highest BCUT2D eigenvalue weighted by molar-refractivity contribution is 6.06. The number of hydrogen-bond donors (Lipinski definition) is 2. The minimum atomic E-state index is -0.915. The van der Waals surface area contributed by atoms with Gasteiger partial charge in [-0.1, -0.05) is 19.0 Å². The van der Waals surface area contributed by atoms with E-state index in [0.29, 0.717) is 19.4 Å². The maximum absolute atomic E-state index is 12.6. The van der Waals surface area contributed by atoms with Crippen molar-refractivity contribution in [3.05, 3.63) is 0 Å². The molecule has 1 fully saturated rings. The van der Waals surface area contributed by atoms with Gasteiger partial charge in [0.1, 0.15) is 5.41 Å². The maximum atomic E-state index is 12.6. The zero-order valence-electron chi connectivity index (χ0n) is 12.1. The Labute approximate surface area is 114 Å². The molecule has 1 atom stereocenters. The molecule has 6 heteroatoms. The van der Waals surface area contributed by atoms with E-state index in [1.165, 1.54) is 0 Å². The van der Waals surface area contributed by atoms with Crippen LogP contribution in [0.25, 0.3) is 0 Å². The van der Waals surface area contributed by atoms with Crippen molar-refractivity contribution in [3.63, 3.8) is 0 Å². The monoisotopic (exact) mass is 271 g/mol. The first-order valence-corrected chi connectivity index (χ1v) is 6.87. The first-order valence-electron chi connectivity index (χ1n) is 6.87. The van der Waals surface area contributed by atoms with E-state index < -0.39 is 5.41 Å². The van der Waals surface area contributed by atoms with E-state index in [1.54, 1.807) is 11.9 Å². The predicted molar refractivity (Wildman–Crippen MR) is 73.0 cm³/mol. The fourth-order valence-corrected chi connectivity index (χ4v) is 2.66. The van der Waals surface area contributed by atoms with Crippen molar-refractivity contribution in [1.82, 2.24) is 4.90 Å². The summed E-state index contributed by atoms with van der Waals surface area (Å²) in [5.41, 5.74) is 4.83. The molecule has 1 unspecified atom stereocenters. The Morgan fingerprint density at radius 1 is 1.53 bits per heavy atom. The molecule has 0 spiro atoms. The molecule has 0 radical (unpaired) electrons. The molecule has 1 amide bonds. The minimum Gasteiger partial charge on any atom is -0.409 e. The topological polar surface area (TPSA) is 88.2 Å². The van der Waals surface area contributed by atoms with Crippen molar-refractivity contribution >= 4 is 11.7 Å². The number of oxime groups is 1. The standard InChI is InChI=1S/C13H25N3O3/c1-4-13(5-2,11(14)15-18)12(17)16(3)9-10-7-6-8-19-10/h10,18H,4-9H2,1-3H3,(H2,14,15). The molecule has 110 valence electrons. The van der Waals surface area contributed by atoms with Gasteiger partial charge < -0.3 is 20.6 Å². The van der Waals surface area contributed by atoms with Crippen molar-refractivity contribution in [2.45, 2.75) is 45.6 Å². The van der Waals surface area contributed by atoms with E-state index in [-0.39, 0.29) is 17.8 Å². The molecule has 0 aromatic carbocycles. The van der Waals surface area contributed by atoms with Crippen LogP contribution < -0.4 is 5.73 Å². The lowest BCUT2D eigenvalue weighted by atomic mass is 9.79. The van der Waals surface area contributed by atoms with Gasteiger partial charge in [0, 0.05) is 20.2 Å². The molecule has 19 heavy (non-hydrogen) atoms. The molecule has 1 aliphatic rings. The van der Waals surface area contributed by atoms with Gasteiger partial charge in [-0.05, 0) is 25.7 Å². The second kappa shape index (κ2) is 6.75. The van der Waals surface area contributed by atoms with Gasteiger partial charge >= 0.3 is 0 Å². The Morgan fingerprint density at radius 2 is 2.16 bits per heavy atom. The summed E-state index contributed by atoms with van der Waals surface area (Å²) in [5, 5.41) is 12.0. The smallest absolute Gasteiger partial charge is 0.236 e.